The van der Waals surface area contributed by atoms with Crippen LogP contribution in [0.1, 0.15) is 49.6 Å². The largest absolute Gasteiger partial charge is 0.378 e. The van der Waals surface area contributed by atoms with Crippen LogP contribution in [0.25, 0.3) is 0 Å². The van der Waals surface area contributed by atoms with Gasteiger partial charge in [0.2, 0.25) is 0 Å². The molecule has 2 aliphatic rings. The van der Waals surface area contributed by atoms with Gasteiger partial charge in [0.05, 0.1) is 12.2 Å². The molecule has 2 fully saturated rings. The Morgan fingerprint density at radius 3 is 3.05 bits per heavy atom. The molecule has 0 amide bonds. The molecule has 2 saturated heterocycles. The van der Waals surface area contributed by atoms with Gasteiger partial charge in [0.15, 0.2) is 0 Å². The smallest absolute Gasteiger partial charge is 0.0940 e. The molecule has 3 nitrogen and oxygen atoms in total. The third-order valence-electron chi connectivity index (χ3n) is 4.94. The normalized spacial score (nSPS) is 30.9. The van der Waals surface area contributed by atoms with E-state index in [4.69, 9.17) is 9.47 Å². The zero-order valence-corrected chi connectivity index (χ0v) is 14.0. The highest BCUT2D eigenvalue weighted by Crippen LogP contribution is 2.42. The van der Waals surface area contributed by atoms with E-state index in [2.05, 4.69) is 30.6 Å². The van der Waals surface area contributed by atoms with Gasteiger partial charge in [0.25, 0.3) is 0 Å². The molecule has 0 radical (unpaired) electrons. The monoisotopic (exact) mass is 309 g/mol. The number of nitrogens with one attached hydrogen (secondary N) is 1. The second kappa shape index (κ2) is 6.78. The van der Waals surface area contributed by atoms with Gasteiger partial charge in [-0.15, -0.1) is 11.3 Å². The third kappa shape index (κ3) is 3.19. The average Bonchev–Trinajstić information content (AvgIpc) is 3.14. The lowest BCUT2D eigenvalue weighted by atomic mass is 9.80. The minimum atomic E-state index is 0.000224. The molecule has 1 aromatic heterocycles. The zero-order valence-electron chi connectivity index (χ0n) is 13.2. The van der Waals surface area contributed by atoms with Gasteiger partial charge >= 0.3 is 0 Å². The summed E-state index contributed by atoms with van der Waals surface area (Å²) in [5, 5.41) is 5.99. The van der Waals surface area contributed by atoms with E-state index in [1.807, 2.05) is 11.3 Å². The lowest BCUT2D eigenvalue weighted by Crippen LogP contribution is -2.44. The Balaban J connectivity index is 1.80. The van der Waals surface area contributed by atoms with Crippen LogP contribution in [0.15, 0.2) is 11.4 Å². The van der Waals surface area contributed by atoms with Crippen LogP contribution in [0.5, 0.6) is 0 Å². The first-order chi connectivity index (χ1) is 10.3. The van der Waals surface area contributed by atoms with E-state index in [1.54, 1.807) is 4.88 Å². The Kier molecular flexibility index (Phi) is 4.99. The van der Waals surface area contributed by atoms with Crippen molar-refractivity contribution < 1.29 is 9.47 Å². The highest BCUT2D eigenvalue weighted by molar-refractivity contribution is 7.10. The summed E-state index contributed by atoms with van der Waals surface area (Å²) in [7, 11) is 0. The van der Waals surface area contributed by atoms with Crippen LogP contribution in [0, 0.1) is 5.92 Å². The minimum Gasteiger partial charge on any atom is -0.378 e. The average molecular weight is 309 g/mol. The van der Waals surface area contributed by atoms with Crippen molar-refractivity contribution in [2.75, 3.05) is 26.4 Å². The van der Waals surface area contributed by atoms with Gasteiger partial charge < -0.3 is 14.8 Å². The lowest BCUT2D eigenvalue weighted by Gasteiger charge is -2.40. The molecule has 4 heteroatoms. The van der Waals surface area contributed by atoms with E-state index in [1.165, 1.54) is 5.56 Å². The molecule has 1 spiro atoms. The molecule has 21 heavy (non-hydrogen) atoms. The van der Waals surface area contributed by atoms with Crippen LogP contribution in [0.4, 0.5) is 0 Å². The summed E-state index contributed by atoms with van der Waals surface area (Å²) in [6.07, 6.45) is 4.47. The summed E-state index contributed by atoms with van der Waals surface area (Å²) in [5.41, 5.74) is 1.51. The molecular weight excluding hydrogens is 282 g/mol. The van der Waals surface area contributed by atoms with Gasteiger partial charge in [-0.1, -0.05) is 13.8 Å². The molecule has 3 rings (SSSR count). The molecule has 118 valence electrons. The van der Waals surface area contributed by atoms with E-state index >= 15 is 0 Å². The Hall–Kier alpha value is -0.420. The standard InChI is InChI=1S/C17H27NO2S/c1-3-13-6-10-21-16(13)15(18-4-2)14-5-8-20-17(11-14)7-9-19-12-17/h6,10,14-15,18H,3-5,7-9,11-12H2,1-2H3. The highest BCUT2D eigenvalue weighted by atomic mass is 32.1. The predicted octanol–water partition coefficient (Wildman–Crippen LogP) is 3.55. The molecule has 0 aliphatic carbocycles. The molecule has 1 aromatic rings. The van der Waals surface area contributed by atoms with Crippen LogP contribution in [-0.2, 0) is 15.9 Å². The van der Waals surface area contributed by atoms with Gasteiger partial charge in [-0.3, -0.25) is 0 Å². The Labute approximate surface area is 132 Å². The number of aryl methyl sites for hydroxylation is 1. The summed E-state index contributed by atoms with van der Waals surface area (Å²) in [5.74, 6) is 0.657. The van der Waals surface area contributed by atoms with Crippen LogP contribution >= 0.6 is 11.3 Å². The van der Waals surface area contributed by atoms with Crippen LogP contribution < -0.4 is 5.32 Å². The molecule has 2 aliphatic heterocycles. The van der Waals surface area contributed by atoms with E-state index < -0.39 is 0 Å². The second-order valence-corrected chi connectivity index (χ2v) is 7.23. The summed E-state index contributed by atoms with van der Waals surface area (Å²) in [6, 6.07) is 2.77. The van der Waals surface area contributed by atoms with Gasteiger partial charge in [0.1, 0.15) is 0 Å². The number of hydrogen-bond acceptors (Lipinski definition) is 4. The molecule has 0 aromatic carbocycles. The van der Waals surface area contributed by atoms with Crippen molar-refractivity contribution in [3.8, 4) is 0 Å². The van der Waals surface area contributed by atoms with Gasteiger partial charge in [0, 0.05) is 30.6 Å². The van der Waals surface area contributed by atoms with Gasteiger partial charge in [-0.05, 0) is 48.7 Å². The Bertz CT molecular complexity index is 453. The summed E-state index contributed by atoms with van der Waals surface area (Å²) >= 11 is 1.91. The molecule has 3 atom stereocenters. The third-order valence-corrected chi connectivity index (χ3v) is 5.98. The second-order valence-electron chi connectivity index (χ2n) is 6.29. The van der Waals surface area contributed by atoms with Crippen molar-refractivity contribution in [3.05, 3.63) is 21.9 Å². The van der Waals surface area contributed by atoms with Crippen molar-refractivity contribution >= 4 is 11.3 Å². The van der Waals surface area contributed by atoms with Crippen molar-refractivity contribution in [1.82, 2.24) is 5.32 Å². The van der Waals surface area contributed by atoms with Crippen molar-refractivity contribution in [2.24, 2.45) is 5.92 Å². The topological polar surface area (TPSA) is 30.5 Å². The predicted molar refractivity (Wildman–Crippen MR) is 87.0 cm³/mol. The van der Waals surface area contributed by atoms with E-state index in [-0.39, 0.29) is 5.60 Å². The Morgan fingerprint density at radius 2 is 2.33 bits per heavy atom. The number of ether oxygens (including phenoxy) is 2. The van der Waals surface area contributed by atoms with Crippen LogP contribution in [-0.4, -0.2) is 32.0 Å². The maximum atomic E-state index is 6.11. The fourth-order valence-corrected chi connectivity index (χ4v) is 4.98. The van der Waals surface area contributed by atoms with Gasteiger partial charge in [-0.2, -0.15) is 0 Å². The maximum absolute atomic E-state index is 6.11. The van der Waals surface area contributed by atoms with Crippen LogP contribution in [0.3, 0.4) is 0 Å². The number of rotatable bonds is 5. The summed E-state index contributed by atoms with van der Waals surface area (Å²) in [4.78, 5) is 1.54. The van der Waals surface area contributed by atoms with E-state index in [0.29, 0.717) is 12.0 Å². The van der Waals surface area contributed by atoms with Crippen molar-refractivity contribution in [1.29, 1.82) is 0 Å². The van der Waals surface area contributed by atoms with Gasteiger partial charge in [-0.25, -0.2) is 0 Å². The first kappa shape index (κ1) is 15.5. The first-order valence-electron chi connectivity index (χ1n) is 8.29. The lowest BCUT2D eigenvalue weighted by molar-refractivity contribution is -0.103. The molecule has 3 unspecified atom stereocenters. The van der Waals surface area contributed by atoms with Crippen molar-refractivity contribution in [3.63, 3.8) is 0 Å². The molecular formula is C17H27NO2S. The number of hydrogen-bond donors (Lipinski definition) is 1. The first-order valence-corrected chi connectivity index (χ1v) is 9.17. The zero-order chi connectivity index (χ0) is 14.7. The molecule has 1 N–H and O–H groups in total. The maximum Gasteiger partial charge on any atom is 0.0940 e. The van der Waals surface area contributed by atoms with E-state index in [0.717, 1.165) is 52.0 Å². The molecule has 0 bridgehead atoms. The number of thiophene rings is 1. The summed E-state index contributed by atoms with van der Waals surface area (Å²) in [6.45, 7) is 8.01. The summed E-state index contributed by atoms with van der Waals surface area (Å²) < 4.78 is 11.7. The molecule has 0 saturated carbocycles. The van der Waals surface area contributed by atoms with E-state index in [9.17, 15) is 0 Å². The van der Waals surface area contributed by atoms with Crippen LogP contribution in [0.2, 0.25) is 0 Å². The Morgan fingerprint density at radius 1 is 1.43 bits per heavy atom. The van der Waals surface area contributed by atoms with Crippen molar-refractivity contribution in [2.45, 2.75) is 51.2 Å². The fraction of sp³-hybridized carbons (Fsp3) is 0.765. The quantitative estimate of drug-likeness (QED) is 0.902. The minimum absolute atomic E-state index is 0.000224. The molecule has 3 heterocycles. The SMILES string of the molecule is CCNC(c1sccc1CC)C1CCOC2(CCOC2)C1. The highest BCUT2D eigenvalue weighted by Gasteiger charge is 2.43. The fourth-order valence-electron chi connectivity index (χ4n) is 3.82.